The number of pyridine rings is 1. The van der Waals surface area contributed by atoms with Crippen molar-refractivity contribution in [3.63, 3.8) is 0 Å². The lowest BCUT2D eigenvalue weighted by atomic mass is 10.0. The van der Waals surface area contributed by atoms with Gasteiger partial charge in [0.25, 0.3) is 5.92 Å². The monoisotopic (exact) mass is 529 g/mol. The summed E-state index contributed by atoms with van der Waals surface area (Å²) >= 11 is 0. The number of nitrogens with zero attached hydrogens (tertiary/aromatic N) is 4. The van der Waals surface area contributed by atoms with Gasteiger partial charge in [-0.2, -0.15) is 0 Å². The van der Waals surface area contributed by atoms with Gasteiger partial charge in [-0.1, -0.05) is 5.16 Å². The predicted molar refractivity (Wildman–Crippen MR) is 116 cm³/mol. The minimum absolute atomic E-state index is 0.0198. The van der Waals surface area contributed by atoms with Crippen LogP contribution in [0.2, 0.25) is 0 Å². The Morgan fingerprint density at radius 3 is 2.47 bits per heavy atom. The molecular weight excluding hydrogens is 513 g/mol. The van der Waals surface area contributed by atoms with E-state index in [2.05, 4.69) is 10.1 Å². The Balaban J connectivity index is 1.71. The van der Waals surface area contributed by atoms with Gasteiger partial charge in [0, 0.05) is 42.3 Å². The summed E-state index contributed by atoms with van der Waals surface area (Å²) in [4.78, 5) is 17.3. The molecule has 1 aliphatic rings. The fourth-order valence-corrected chi connectivity index (χ4v) is 5.02. The fourth-order valence-electron chi connectivity index (χ4n) is 4.26. The van der Waals surface area contributed by atoms with E-state index < -0.39 is 63.7 Å². The molecule has 4 heterocycles. The Morgan fingerprint density at radius 1 is 1.17 bits per heavy atom. The third-order valence-corrected chi connectivity index (χ3v) is 6.46. The van der Waals surface area contributed by atoms with Crippen LogP contribution in [0.4, 0.5) is 22.0 Å². The third-order valence-electron chi connectivity index (χ3n) is 5.75. The molecule has 9 nitrogen and oxygen atoms in total. The second-order valence-electron chi connectivity index (χ2n) is 8.50. The van der Waals surface area contributed by atoms with Gasteiger partial charge in [-0.15, -0.1) is 0 Å². The Bertz CT molecular complexity index is 1690. The minimum Gasteiger partial charge on any atom is -0.354 e. The number of halogens is 5. The topological polar surface area (TPSA) is 112 Å². The van der Waals surface area contributed by atoms with Crippen molar-refractivity contribution in [2.45, 2.75) is 31.9 Å². The lowest BCUT2D eigenvalue weighted by Gasteiger charge is -2.31. The number of sulfonamides is 1. The number of alkyl halides is 2. The van der Waals surface area contributed by atoms with Crippen molar-refractivity contribution in [2.24, 2.45) is 0 Å². The number of imidazole rings is 1. The van der Waals surface area contributed by atoms with Crippen LogP contribution >= 0.6 is 0 Å². The zero-order chi connectivity index (χ0) is 26.2. The Morgan fingerprint density at radius 2 is 1.83 bits per heavy atom. The molecule has 4 aromatic rings. The Hall–Kier alpha value is -3.59. The third kappa shape index (κ3) is 3.97. The highest BCUT2D eigenvalue weighted by Gasteiger charge is 2.46. The average Bonchev–Trinajstić information content (AvgIpc) is 3.27. The predicted octanol–water partition coefficient (Wildman–Crippen LogP) is 2.68. The Kier molecular flexibility index (Phi) is 5.33. The molecule has 36 heavy (non-hydrogen) atoms. The van der Waals surface area contributed by atoms with Crippen LogP contribution < -0.4 is 10.4 Å². The van der Waals surface area contributed by atoms with Crippen LogP contribution in [0.1, 0.15) is 11.4 Å². The van der Waals surface area contributed by atoms with E-state index in [1.165, 1.54) is 13.0 Å². The van der Waals surface area contributed by atoms with E-state index >= 15 is 0 Å². The number of hydrogen-bond donors (Lipinski definition) is 1. The van der Waals surface area contributed by atoms with E-state index in [0.717, 1.165) is 21.6 Å². The van der Waals surface area contributed by atoms with Crippen LogP contribution in [0.25, 0.3) is 28.0 Å². The molecule has 0 saturated carbocycles. The molecule has 0 spiro atoms. The van der Waals surface area contributed by atoms with Gasteiger partial charge < -0.3 is 4.52 Å². The molecular formula is C21H16F5N5O4S. The first kappa shape index (κ1) is 24.1. The van der Waals surface area contributed by atoms with Crippen molar-refractivity contribution < 1.29 is 34.9 Å². The van der Waals surface area contributed by atoms with Gasteiger partial charge in [-0.3, -0.25) is 9.55 Å². The lowest BCUT2D eigenvalue weighted by molar-refractivity contribution is -0.0467. The van der Waals surface area contributed by atoms with Gasteiger partial charge >= 0.3 is 5.69 Å². The van der Waals surface area contributed by atoms with E-state index in [4.69, 9.17) is 4.52 Å². The summed E-state index contributed by atoms with van der Waals surface area (Å²) in [6.45, 7) is 0.827. The van der Waals surface area contributed by atoms with Crippen molar-refractivity contribution in [3.05, 3.63) is 63.7 Å². The molecule has 1 aromatic carbocycles. The Labute approximate surface area is 199 Å². The van der Waals surface area contributed by atoms with Crippen molar-refractivity contribution >= 4 is 21.0 Å². The van der Waals surface area contributed by atoms with Crippen LogP contribution in [-0.2, 0) is 23.0 Å². The quantitative estimate of drug-likeness (QED) is 0.407. The van der Waals surface area contributed by atoms with Gasteiger partial charge in [0.1, 0.15) is 23.5 Å². The first-order valence-electron chi connectivity index (χ1n) is 10.3. The zero-order valence-electron chi connectivity index (χ0n) is 18.5. The van der Waals surface area contributed by atoms with Gasteiger partial charge in [0.15, 0.2) is 11.4 Å². The maximum absolute atomic E-state index is 14.7. The summed E-state index contributed by atoms with van der Waals surface area (Å²) in [6, 6.07) is 0.420. The molecule has 0 fully saturated rings. The van der Waals surface area contributed by atoms with Gasteiger partial charge in [-0.25, -0.2) is 44.5 Å². The zero-order valence-corrected chi connectivity index (χ0v) is 19.3. The van der Waals surface area contributed by atoms with E-state index in [-0.39, 0.29) is 33.9 Å². The van der Waals surface area contributed by atoms with Crippen LogP contribution in [0.15, 0.2) is 33.7 Å². The van der Waals surface area contributed by atoms with E-state index in [1.54, 1.807) is 0 Å². The highest BCUT2D eigenvalue weighted by Crippen LogP contribution is 2.36. The number of nitrogens with one attached hydrogen (secondary N) is 1. The van der Waals surface area contributed by atoms with E-state index in [1.807, 2.05) is 4.72 Å². The minimum atomic E-state index is -4.01. The van der Waals surface area contributed by atoms with Crippen molar-refractivity contribution in [1.82, 2.24) is 24.0 Å². The summed E-state index contributed by atoms with van der Waals surface area (Å²) in [6.07, 6.45) is 0.813. The maximum atomic E-state index is 14.7. The molecule has 190 valence electrons. The van der Waals surface area contributed by atoms with Crippen LogP contribution in [-0.4, -0.2) is 45.9 Å². The largest absolute Gasteiger partial charge is 0.354 e. The molecule has 0 aliphatic carbocycles. The molecule has 0 amide bonds. The lowest BCUT2D eigenvalue weighted by Crippen LogP contribution is -2.55. The molecule has 0 radical (unpaired) electrons. The van der Waals surface area contributed by atoms with Crippen molar-refractivity contribution in [2.75, 3.05) is 6.26 Å². The summed E-state index contributed by atoms with van der Waals surface area (Å²) in [5.74, 6) is -7.50. The van der Waals surface area contributed by atoms with Crippen LogP contribution in [0.5, 0.6) is 0 Å². The summed E-state index contributed by atoms with van der Waals surface area (Å²) in [5, 5.41) is 3.69. The number of rotatable bonds is 4. The second-order valence-corrected chi connectivity index (χ2v) is 10.3. The highest BCUT2D eigenvalue weighted by molar-refractivity contribution is 7.88. The molecule has 0 unspecified atom stereocenters. The first-order valence-corrected chi connectivity index (χ1v) is 12.2. The van der Waals surface area contributed by atoms with Gasteiger partial charge in [0.05, 0.1) is 29.3 Å². The number of aromatic nitrogens is 4. The molecule has 1 atom stereocenters. The standard InChI is InChI=1S/C21H16F5N5O4S/c1-9-3-14-17(18(27-9)16-12(23)4-10(22)5-13(16)24)19(28-35-14)31-7-11-6-21(25,26)15(29-36(2,33)34)8-30(11)20(31)32/h3-5,7,15,29H,6,8H2,1-2H3/t15-/m1/s1. The van der Waals surface area contributed by atoms with Crippen molar-refractivity contribution in [1.29, 1.82) is 0 Å². The normalized spacial score (nSPS) is 17.5. The molecule has 0 bridgehead atoms. The molecule has 15 heteroatoms. The fraction of sp³-hybridized carbons (Fsp3) is 0.286. The summed E-state index contributed by atoms with van der Waals surface area (Å²) < 4.78 is 104. The first-order chi connectivity index (χ1) is 16.7. The average molecular weight is 529 g/mol. The van der Waals surface area contributed by atoms with Gasteiger partial charge in [-0.05, 0) is 6.92 Å². The molecule has 5 rings (SSSR count). The summed E-state index contributed by atoms with van der Waals surface area (Å²) in [7, 11) is -4.01. The summed E-state index contributed by atoms with van der Waals surface area (Å²) in [5.41, 5.74) is -1.80. The van der Waals surface area contributed by atoms with Crippen LogP contribution in [0, 0.1) is 24.4 Å². The van der Waals surface area contributed by atoms with Crippen LogP contribution in [0.3, 0.4) is 0 Å². The molecule has 0 saturated heterocycles. The molecule has 1 N–H and O–H groups in total. The highest BCUT2D eigenvalue weighted by atomic mass is 32.2. The van der Waals surface area contributed by atoms with Gasteiger partial charge in [0.2, 0.25) is 10.0 Å². The van der Waals surface area contributed by atoms with Crippen molar-refractivity contribution in [3.8, 4) is 17.1 Å². The molecule has 1 aliphatic heterocycles. The number of aryl methyl sites for hydroxylation is 1. The number of benzene rings is 1. The SMILES string of the molecule is Cc1cc2onc(-n3cc4n(c3=O)C[C@@H](NS(C)(=O)=O)C(F)(F)C4)c2c(-c2c(F)cc(F)cc2F)n1. The second kappa shape index (κ2) is 7.96. The smallest absolute Gasteiger partial charge is 0.334 e. The van der Waals surface area contributed by atoms with E-state index in [9.17, 15) is 35.2 Å². The number of hydrogen-bond acceptors (Lipinski definition) is 6. The maximum Gasteiger partial charge on any atom is 0.334 e. The number of fused-ring (bicyclic) bond motifs is 2. The van der Waals surface area contributed by atoms with E-state index in [0.29, 0.717) is 12.1 Å². The molecule has 3 aromatic heterocycles.